The summed E-state index contributed by atoms with van der Waals surface area (Å²) in [5.41, 5.74) is 0.870. The largest absolute Gasteiger partial charge is 0.444 e. The summed E-state index contributed by atoms with van der Waals surface area (Å²) >= 11 is 0. The number of hydrogen-bond donors (Lipinski definition) is 2. The molecular weight excluding hydrogens is 552 g/mol. The predicted molar refractivity (Wildman–Crippen MR) is 159 cm³/mol. The number of carbonyl (C=O) groups excluding carboxylic acids is 3. The first-order valence-corrected chi connectivity index (χ1v) is 14.5. The van der Waals surface area contributed by atoms with Crippen LogP contribution in [0.2, 0.25) is 0 Å². The second-order valence-electron chi connectivity index (χ2n) is 12.3. The van der Waals surface area contributed by atoms with Gasteiger partial charge in [0.25, 0.3) is 0 Å². The third-order valence-corrected chi connectivity index (χ3v) is 7.51. The van der Waals surface area contributed by atoms with Gasteiger partial charge in [0, 0.05) is 50.9 Å². The molecule has 3 heterocycles. The van der Waals surface area contributed by atoms with E-state index in [0.717, 1.165) is 0 Å². The zero-order valence-electron chi connectivity index (χ0n) is 25.4. The predicted octanol–water partition coefficient (Wildman–Crippen LogP) is 3.09. The smallest absolute Gasteiger partial charge is 0.410 e. The molecule has 2 aromatic rings. The Kier molecular flexibility index (Phi) is 9.45. The lowest BCUT2D eigenvalue weighted by molar-refractivity contribution is -0.140. The van der Waals surface area contributed by atoms with E-state index >= 15 is 0 Å². The molecule has 2 fully saturated rings. The van der Waals surface area contributed by atoms with Crippen LogP contribution in [0.5, 0.6) is 0 Å². The van der Waals surface area contributed by atoms with Crippen LogP contribution in [0.3, 0.4) is 0 Å². The Balaban J connectivity index is 1.43. The first-order valence-electron chi connectivity index (χ1n) is 14.5. The molecule has 1 aromatic carbocycles. The fourth-order valence-electron chi connectivity index (χ4n) is 5.29. The van der Waals surface area contributed by atoms with Crippen LogP contribution in [0.15, 0.2) is 41.4 Å². The van der Waals surface area contributed by atoms with Crippen molar-refractivity contribution < 1.29 is 28.8 Å². The summed E-state index contributed by atoms with van der Waals surface area (Å²) in [5.74, 6) is -0.783. The Labute approximate surface area is 251 Å². The summed E-state index contributed by atoms with van der Waals surface area (Å²) in [4.78, 5) is 44.7. The molecule has 4 rings (SSSR count). The standard InChI is InChI=1S/C31H40N6O6/c1-19(2)27(25-16-26(34-43-25)35-11-13-36(14-12-35)30(41)42-31(4,5)6)29(40)37-18-23(38)15-24(37)28(39)33-20(3)22-9-7-21(17-32)8-10-22/h7-10,16,19,23-24,27,38H,3,11-15,18H2,1-2,4-6H3,(H,33,39)/t23-,24+,27+/m1/s1. The number of carbonyl (C=O) groups is 3. The van der Waals surface area contributed by atoms with E-state index in [2.05, 4.69) is 17.1 Å². The fourth-order valence-corrected chi connectivity index (χ4v) is 5.29. The van der Waals surface area contributed by atoms with E-state index < -0.39 is 29.6 Å². The van der Waals surface area contributed by atoms with Crippen LogP contribution in [-0.2, 0) is 14.3 Å². The molecular formula is C31H40N6O6. The highest BCUT2D eigenvalue weighted by atomic mass is 16.6. The van der Waals surface area contributed by atoms with Gasteiger partial charge in [0.15, 0.2) is 11.6 Å². The fraction of sp³-hybridized carbons (Fsp3) is 0.516. The lowest BCUT2D eigenvalue weighted by atomic mass is 9.91. The van der Waals surface area contributed by atoms with Crippen LogP contribution in [0, 0.1) is 17.2 Å². The zero-order valence-corrected chi connectivity index (χ0v) is 25.4. The minimum atomic E-state index is -0.901. The van der Waals surface area contributed by atoms with Crippen molar-refractivity contribution in [3.63, 3.8) is 0 Å². The Morgan fingerprint density at radius 2 is 1.81 bits per heavy atom. The van der Waals surface area contributed by atoms with E-state index in [0.29, 0.717) is 54.6 Å². The maximum atomic E-state index is 13.9. The number of β-amino-alcohol motifs (C(OH)–C–C–N with tert-alkyl or cyclic N) is 1. The Hall–Kier alpha value is -4.37. The van der Waals surface area contributed by atoms with Crippen LogP contribution in [0.4, 0.5) is 10.6 Å². The molecule has 2 aliphatic rings. The summed E-state index contributed by atoms with van der Waals surface area (Å²) < 4.78 is 11.2. The van der Waals surface area contributed by atoms with E-state index in [1.807, 2.05) is 45.6 Å². The van der Waals surface area contributed by atoms with Gasteiger partial charge in [-0.05, 0) is 44.4 Å². The number of nitrogens with zero attached hydrogens (tertiary/aromatic N) is 5. The zero-order chi connectivity index (χ0) is 31.5. The number of nitriles is 1. The number of aliphatic hydroxyl groups is 1. The molecule has 2 saturated heterocycles. The van der Waals surface area contributed by atoms with Gasteiger partial charge in [-0.1, -0.05) is 37.7 Å². The summed E-state index contributed by atoms with van der Waals surface area (Å²) in [6.45, 7) is 15.2. The summed E-state index contributed by atoms with van der Waals surface area (Å²) in [7, 11) is 0. The number of rotatable bonds is 7. The van der Waals surface area contributed by atoms with Gasteiger partial charge >= 0.3 is 6.09 Å². The molecule has 3 amide bonds. The number of ether oxygens (including phenoxy) is 1. The van der Waals surface area contributed by atoms with Crippen molar-refractivity contribution in [2.24, 2.45) is 5.92 Å². The van der Waals surface area contributed by atoms with Crippen molar-refractivity contribution in [1.82, 2.24) is 20.3 Å². The second kappa shape index (κ2) is 12.9. The number of aliphatic hydroxyl groups excluding tert-OH is 1. The first kappa shape index (κ1) is 31.6. The Morgan fingerprint density at radius 3 is 2.40 bits per heavy atom. The van der Waals surface area contributed by atoms with Crippen molar-refractivity contribution in [2.75, 3.05) is 37.6 Å². The SMILES string of the molecule is C=C(NC(=O)[C@@H]1C[C@@H](O)CN1C(=O)[C@H](c1cc(N2CCN(C(=O)OC(C)(C)C)CC2)no1)C(C)C)c1ccc(C#N)cc1. The molecule has 2 aliphatic heterocycles. The molecule has 0 unspecified atom stereocenters. The van der Waals surface area contributed by atoms with Crippen molar-refractivity contribution in [3.8, 4) is 6.07 Å². The second-order valence-corrected chi connectivity index (χ2v) is 12.3. The van der Waals surface area contributed by atoms with Crippen LogP contribution < -0.4 is 10.2 Å². The lowest BCUT2D eigenvalue weighted by Crippen LogP contribution is -2.50. The normalized spacial score (nSPS) is 19.6. The molecule has 0 aliphatic carbocycles. The van der Waals surface area contributed by atoms with Gasteiger partial charge in [0.2, 0.25) is 11.8 Å². The van der Waals surface area contributed by atoms with E-state index in [-0.39, 0.29) is 30.9 Å². The molecule has 12 heteroatoms. The summed E-state index contributed by atoms with van der Waals surface area (Å²) in [6.07, 6.45) is -1.13. The van der Waals surface area contributed by atoms with E-state index in [9.17, 15) is 19.5 Å². The monoisotopic (exact) mass is 592 g/mol. The average Bonchev–Trinajstić information content (AvgIpc) is 3.59. The van der Waals surface area contributed by atoms with Gasteiger partial charge in [-0.2, -0.15) is 5.26 Å². The number of aromatic nitrogens is 1. The van der Waals surface area contributed by atoms with Crippen molar-refractivity contribution >= 4 is 29.4 Å². The van der Waals surface area contributed by atoms with Crippen molar-refractivity contribution in [2.45, 2.75) is 64.7 Å². The van der Waals surface area contributed by atoms with Gasteiger partial charge in [0.05, 0.1) is 17.7 Å². The van der Waals surface area contributed by atoms with E-state index in [1.54, 1.807) is 35.2 Å². The van der Waals surface area contributed by atoms with Crippen LogP contribution in [0.25, 0.3) is 5.70 Å². The minimum absolute atomic E-state index is 0.0110. The van der Waals surface area contributed by atoms with Gasteiger partial charge in [-0.15, -0.1) is 0 Å². The highest BCUT2D eigenvalue weighted by Gasteiger charge is 2.43. The topological polar surface area (TPSA) is 152 Å². The number of likely N-dealkylation sites (tertiary alicyclic amines) is 1. The molecule has 0 radical (unpaired) electrons. The average molecular weight is 593 g/mol. The molecule has 43 heavy (non-hydrogen) atoms. The van der Waals surface area contributed by atoms with Gasteiger partial charge < -0.3 is 34.4 Å². The number of amides is 3. The number of nitrogens with one attached hydrogen (secondary N) is 1. The molecule has 12 nitrogen and oxygen atoms in total. The lowest BCUT2D eigenvalue weighted by Gasteiger charge is -2.35. The van der Waals surface area contributed by atoms with Crippen molar-refractivity contribution in [1.29, 1.82) is 5.26 Å². The number of anilines is 1. The highest BCUT2D eigenvalue weighted by Crippen LogP contribution is 2.33. The van der Waals surface area contributed by atoms with Gasteiger partial charge in [0.1, 0.15) is 17.6 Å². The maximum Gasteiger partial charge on any atom is 0.410 e. The van der Waals surface area contributed by atoms with Gasteiger partial charge in [-0.3, -0.25) is 9.59 Å². The van der Waals surface area contributed by atoms with Crippen LogP contribution in [0.1, 0.15) is 63.8 Å². The molecule has 2 N–H and O–H groups in total. The molecule has 0 saturated carbocycles. The third kappa shape index (κ3) is 7.53. The van der Waals surface area contributed by atoms with E-state index in [1.165, 1.54) is 4.90 Å². The highest BCUT2D eigenvalue weighted by molar-refractivity contribution is 5.95. The quantitative estimate of drug-likeness (QED) is 0.494. The number of hydrogen-bond acceptors (Lipinski definition) is 9. The molecule has 1 aromatic heterocycles. The Morgan fingerprint density at radius 1 is 1.16 bits per heavy atom. The van der Waals surface area contributed by atoms with Crippen LogP contribution >= 0.6 is 0 Å². The minimum Gasteiger partial charge on any atom is -0.444 e. The molecule has 0 spiro atoms. The maximum absolute atomic E-state index is 13.9. The van der Waals surface area contributed by atoms with E-state index in [4.69, 9.17) is 14.5 Å². The summed E-state index contributed by atoms with van der Waals surface area (Å²) in [6, 6.07) is 9.50. The van der Waals surface area contributed by atoms with Crippen molar-refractivity contribution in [3.05, 3.63) is 53.8 Å². The number of benzene rings is 1. The third-order valence-electron chi connectivity index (χ3n) is 7.51. The number of piperazine rings is 1. The molecule has 3 atom stereocenters. The molecule has 0 bridgehead atoms. The summed E-state index contributed by atoms with van der Waals surface area (Å²) in [5, 5.41) is 26.5. The van der Waals surface area contributed by atoms with Gasteiger partial charge in [-0.25, -0.2) is 4.79 Å². The van der Waals surface area contributed by atoms with Crippen LogP contribution in [-0.4, -0.2) is 88.4 Å². The molecule has 230 valence electrons. The Bertz CT molecular complexity index is 1380. The first-order chi connectivity index (χ1) is 20.3.